The van der Waals surface area contributed by atoms with E-state index in [9.17, 15) is 9.59 Å². The van der Waals surface area contributed by atoms with Gasteiger partial charge in [0.15, 0.2) is 0 Å². The van der Waals surface area contributed by atoms with E-state index < -0.39 is 0 Å². The molecule has 0 heterocycles. The molecule has 0 saturated carbocycles. The molecule has 0 aliphatic rings. The Bertz CT molecular complexity index is 501. The normalized spacial score (nSPS) is 10.5. The molecule has 0 spiro atoms. The number of anilines is 1. The van der Waals surface area contributed by atoms with Crippen LogP contribution in [-0.2, 0) is 9.59 Å². The lowest BCUT2D eigenvalue weighted by Crippen LogP contribution is -2.38. The number of rotatable bonds is 5. The van der Waals surface area contributed by atoms with Gasteiger partial charge >= 0.3 is 0 Å². The molecule has 20 heavy (non-hydrogen) atoms. The van der Waals surface area contributed by atoms with Crippen molar-refractivity contribution in [3.8, 4) is 0 Å². The monoisotopic (exact) mass is 296 g/mol. The second-order valence-corrected chi connectivity index (χ2v) is 5.74. The number of hydrogen-bond acceptors (Lipinski definition) is 2. The number of carbonyl (C=O) groups excluding carboxylic acids is 2. The summed E-state index contributed by atoms with van der Waals surface area (Å²) in [5, 5.41) is 3.43. The van der Waals surface area contributed by atoms with Crippen molar-refractivity contribution in [3.63, 3.8) is 0 Å². The van der Waals surface area contributed by atoms with Gasteiger partial charge in [0, 0.05) is 24.2 Å². The summed E-state index contributed by atoms with van der Waals surface area (Å²) < 4.78 is 0. The molecule has 4 nitrogen and oxygen atoms in total. The Kier molecular flexibility index (Phi) is 6.02. The zero-order valence-corrected chi connectivity index (χ0v) is 13.1. The van der Waals surface area contributed by atoms with Gasteiger partial charge in [0.25, 0.3) is 0 Å². The number of amides is 2. The summed E-state index contributed by atoms with van der Waals surface area (Å²) in [6, 6.07) is 5.27. The van der Waals surface area contributed by atoms with Gasteiger partial charge in [-0.15, -0.1) is 0 Å². The van der Waals surface area contributed by atoms with E-state index in [1.165, 1.54) is 6.92 Å². The molecular formula is C15H21ClN2O2. The van der Waals surface area contributed by atoms with E-state index in [1.807, 2.05) is 20.8 Å². The predicted octanol–water partition coefficient (Wildman–Crippen LogP) is 3.09. The second kappa shape index (κ2) is 7.29. The molecule has 110 valence electrons. The molecule has 0 unspecified atom stereocenters. The minimum absolute atomic E-state index is 0.0651. The number of hydrogen-bond donors (Lipinski definition) is 1. The van der Waals surface area contributed by atoms with Gasteiger partial charge in [0.1, 0.15) is 0 Å². The summed E-state index contributed by atoms with van der Waals surface area (Å²) >= 11 is 5.87. The van der Waals surface area contributed by atoms with E-state index in [0.717, 1.165) is 5.56 Å². The van der Waals surface area contributed by atoms with Crippen LogP contribution >= 0.6 is 11.6 Å². The summed E-state index contributed by atoms with van der Waals surface area (Å²) in [4.78, 5) is 25.1. The number of halogens is 1. The number of carbonyl (C=O) groups is 2. The van der Waals surface area contributed by atoms with Crippen molar-refractivity contribution in [2.24, 2.45) is 5.92 Å². The van der Waals surface area contributed by atoms with E-state index in [2.05, 4.69) is 5.32 Å². The Balaban J connectivity index is 2.68. The van der Waals surface area contributed by atoms with Crippen molar-refractivity contribution >= 4 is 29.1 Å². The van der Waals surface area contributed by atoms with Crippen molar-refractivity contribution in [3.05, 3.63) is 28.8 Å². The molecule has 0 atom stereocenters. The Morgan fingerprint density at radius 2 is 2.00 bits per heavy atom. The minimum Gasteiger partial charge on any atom is -0.333 e. The van der Waals surface area contributed by atoms with Crippen LogP contribution in [0.15, 0.2) is 18.2 Å². The minimum atomic E-state index is -0.203. The molecule has 0 fully saturated rings. The third-order valence-corrected chi connectivity index (χ3v) is 3.06. The van der Waals surface area contributed by atoms with Crippen LogP contribution in [0.25, 0.3) is 0 Å². The van der Waals surface area contributed by atoms with E-state index >= 15 is 0 Å². The first kappa shape index (κ1) is 16.5. The number of aryl methyl sites for hydroxylation is 1. The highest BCUT2D eigenvalue weighted by Gasteiger charge is 2.15. The highest BCUT2D eigenvalue weighted by atomic mass is 35.5. The molecule has 5 heteroatoms. The van der Waals surface area contributed by atoms with Crippen molar-refractivity contribution in [1.29, 1.82) is 0 Å². The lowest BCUT2D eigenvalue weighted by Gasteiger charge is -2.22. The fourth-order valence-corrected chi connectivity index (χ4v) is 2.10. The highest BCUT2D eigenvalue weighted by Crippen LogP contribution is 2.19. The van der Waals surface area contributed by atoms with Crippen molar-refractivity contribution in [2.75, 3.05) is 18.4 Å². The number of benzene rings is 1. The first-order chi connectivity index (χ1) is 9.29. The first-order valence-electron chi connectivity index (χ1n) is 6.61. The number of nitrogens with zero attached hydrogens (tertiary/aromatic N) is 1. The average molecular weight is 297 g/mol. The standard InChI is InChI=1S/C15H21ClN2O2/c1-10(2)8-18(12(4)19)9-15(20)17-14-6-5-13(16)7-11(14)3/h5-7,10H,8-9H2,1-4H3,(H,17,20). The molecule has 0 radical (unpaired) electrons. The van der Waals surface area contributed by atoms with Crippen LogP contribution in [0.5, 0.6) is 0 Å². The molecular weight excluding hydrogens is 276 g/mol. The van der Waals surface area contributed by atoms with Crippen molar-refractivity contribution in [1.82, 2.24) is 4.90 Å². The summed E-state index contributed by atoms with van der Waals surface area (Å²) in [6.07, 6.45) is 0. The van der Waals surface area contributed by atoms with Crippen LogP contribution in [0.3, 0.4) is 0 Å². The molecule has 1 rings (SSSR count). The fraction of sp³-hybridized carbons (Fsp3) is 0.467. The van der Waals surface area contributed by atoms with Gasteiger partial charge in [-0.2, -0.15) is 0 Å². The lowest BCUT2D eigenvalue weighted by atomic mass is 10.2. The van der Waals surface area contributed by atoms with Crippen LogP contribution < -0.4 is 5.32 Å². The molecule has 1 aromatic rings. The maximum atomic E-state index is 12.0. The maximum absolute atomic E-state index is 12.0. The smallest absolute Gasteiger partial charge is 0.244 e. The third kappa shape index (κ3) is 5.21. The Labute approximate surface area is 125 Å². The summed E-state index contributed by atoms with van der Waals surface area (Å²) in [7, 11) is 0. The van der Waals surface area contributed by atoms with Crippen LogP contribution in [0.1, 0.15) is 26.3 Å². The molecule has 2 amide bonds. The molecule has 1 N–H and O–H groups in total. The SMILES string of the molecule is CC(=O)N(CC(=O)Nc1ccc(Cl)cc1C)CC(C)C. The first-order valence-corrected chi connectivity index (χ1v) is 6.99. The molecule has 0 aliphatic heterocycles. The lowest BCUT2D eigenvalue weighted by molar-refractivity contribution is -0.133. The maximum Gasteiger partial charge on any atom is 0.244 e. The van der Waals surface area contributed by atoms with E-state index in [1.54, 1.807) is 23.1 Å². The largest absolute Gasteiger partial charge is 0.333 e. The fourth-order valence-electron chi connectivity index (χ4n) is 1.88. The van der Waals surface area contributed by atoms with Gasteiger partial charge in [-0.05, 0) is 36.6 Å². The number of nitrogens with one attached hydrogen (secondary N) is 1. The van der Waals surface area contributed by atoms with Crippen molar-refractivity contribution in [2.45, 2.75) is 27.7 Å². The van der Waals surface area contributed by atoms with Gasteiger partial charge in [-0.3, -0.25) is 9.59 Å². The van der Waals surface area contributed by atoms with E-state index in [-0.39, 0.29) is 18.4 Å². The summed E-state index contributed by atoms with van der Waals surface area (Å²) in [5.41, 5.74) is 1.61. The zero-order chi connectivity index (χ0) is 15.3. The van der Waals surface area contributed by atoms with Crippen molar-refractivity contribution < 1.29 is 9.59 Å². The van der Waals surface area contributed by atoms with Crippen LogP contribution in [0.4, 0.5) is 5.69 Å². The highest BCUT2D eigenvalue weighted by molar-refractivity contribution is 6.30. The van der Waals surface area contributed by atoms with E-state index in [0.29, 0.717) is 23.2 Å². The second-order valence-electron chi connectivity index (χ2n) is 5.30. The van der Waals surface area contributed by atoms with Gasteiger partial charge in [0.05, 0.1) is 6.54 Å². The summed E-state index contributed by atoms with van der Waals surface area (Å²) in [6.45, 7) is 8.01. The quantitative estimate of drug-likeness (QED) is 0.908. The molecule has 0 bridgehead atoms. The molecule has 0 aromatic heterocycles. The van der Waals surface area contributed by atoms with E-state index in [4.69, 9.17) is 11.6 Å². The summed E-state index contributed by atoms with van der Waals surface area (Å²) in [5.74, 6) is 0.0249. The Hall–Kier alpha value is -1.55. The zero-order valence-electron chi connectivity index (χ0n) is 12.4. The molecule has 0 aliphatic carbocycles. The van der Waals surface area contributed by atoms with Gasteiger partial charge in [-0.25, -0.2) is 0 Å². The molecule has 1 aromatic carbocycles. The predicted molar refractivity (Wildman–Crippen MR) is 81.9 cm³/mol. The van der Waals surface area contributed by atoms with Crippen LogP contribution in [0, 0.1) is 12.8 Å². The van der Waals surface area contributed by atoms with Gasteiger partial charge in [0.2, 0.25) is 11.8 Å². The topological polar surface area (TPSA) is 49.4 Å². The van der Waals surface area contributed by atoms with Crippen LogP contribution in [0.2, 0.25) is 5.02 Å². The van der Waals surface area contributed by atoms with Gasteiger partial charge < -0.3 is 10.2 Å². The van der Waals surface area contributed by atoms with Gasteiger partial charge in [-0.1, -0.05) is 25.4 Å². The molecule has 0 saturated heterocycles. The third-order valence-electron chi connectivity index (χ3n) is 2.83. The Morgan fingerprint density at radius 1 is 1.35 bits per heavy atom. The van der Waals surface area contributed by atoms with Crippen LogP contribution in [-0.4, -0.2) is 29.8 Å². The Morgan fingerprint density at radius 3 is 2.50 bits per heavy atom. The average Bonchev–Trinajstić information content (AvgIpc) is 2.31.